The third kappa shape index (κ3) is 2.32. The summed E-state index contributed by atoms with van der Waals surface area (Å²) in [6.07, 6.45) is 3.61. The van der Waals surface area contributed by atoms with E-state index in [1.54, 1.807) is 0 Å². The van der Waals surface area contributed by atoms with E-state index in [0.29, 0.717) is 10.6 Å². The van der Waals surface area contributed by atoms with Crippen molar-refractivity contribution in [1.29, 1.82) is 5.26 Å². The molecule has 0 amide bonds. The van der Waals surface area contributed by atoms with Crippen molar-refractivity contribution in [2.45, 2.75) is 26.2 Å². The number of halogens is 1. The fourth-order valence-corrected chi connectivity index (χ4v) is 3.12. The van der Waals surface area contributed by atoms with Crippen LogP contribution in [0.2, 0.25) is 5.02 Å². The Morgan fingerprint density at radius 1 is 1.20 bits per heavy atom. The van der Waals surface area contributed by atoms with Gasteiger partial charge in [-0.3, -0.25) is 0 Å². The molecule has 4 heteroatoms. The van der Waals surface area contributed by atoms with E-state index in [4.69, 9.17) is 16.6 Å². The zero-order chi connectivity index (χ0) is 14.1. The van der Waals surface area contributed by atoms with Crippen molar-refractivity contribution in [3.63, 3.8) is 0 Å². The molecule has 0 aliphatic carbocycles. The molecule has 1 aliphatic heterocycles. The second-order valence-electron chi connectivity index (χ2n) is 5.31. The summed E-state index contributed by atoms with van der Waals surface area (Å²) in [5.41, 5.74) is 2.63. The van der Waals surface area contributed by atoms with Crippen molar-refractivity contribution < 1.29 is 0 Å². The first-order chi connectivity index (χ1) is 9.69. The normalized spacial score (nSPS) is 15.3. The number of hydrogen-bond donors (Lipinski definition) is 0. The lowest BCUT2D eigenvalue weighted by Crippen LogP contribution is -2.30. The fraction of sp³-hybridized carbons (Fsp3) is 0.375. The first kappa shape index (κ1) is 13.2. The van der Waals surface area contributed by atoms with Gasteiger partial charge in [0.2, 0.25) is 0 Å². The van der Waals surface area contributed by atoms with E-state index in [0.717, 1.165) is 35.4 Å². The first-order valence-corrected chi connectivity index (χ1v) is 7.33. The minimum atomic E-state index is 0.640. The van der Waals surface area contributed by atoms with Crippen LogP contribution in [0.1, 0.15) is 30.4 Å². The lowest BCUT2D eigenvalue weighted by atomic mass is 10.1. The van der Waals surface area contributed by atoms with Crippen LogP contribution < -0.4 is 4.90 Å². The van der Waals surface area contributed by atoms with Crippen LogP contribution in [-0.2, 0) is 0 Å². The van der Waals surface area contributed by atoms with Crippen LogP contribution in [0.15, 0.2) is 18.2 Å². The zero-order valence-electron chi connectivity index (χ0n) is 11.5. The molecule has 1 aromatic heterocycles. The molecule has 2 aromatic rings. The molecule has 1 aliphatic rings. The molecule has 0 N–H and O–H groups in total. The van der Waals surface area contributed by atoms with Crippen LogP contribution in [0.5, 0.6) is 0 Å². The number of anilines is 1. The van der Waals surface area contributed by atoms with Crippen LogP contribution in [0.25, 0.3) is 10.9 Å². The molecule has 1 aromatic carbocycles. The highest BCUT2D eigenvalue weighted by molar-refractivity contribution is 6.31. The Labute approximate surface area is 123 Å². The highest BCUT2D eigenvalue weighted by atomic mass is 35.5. The summed E-state index contributed by atoms with van der Waals surface area (Å²) in [7, 11) is 0. The molecule has 0 spiro atoms. The highest BCUT2D eigenvalue weighted by Crippen LogP contribution is 2.29. The molecule has 3 nitrogen and oxygen atoms in total. The summed E-state index contributed by atoms with van der Waals surface area (Å²) in [6, 6.07) is 7.98. The average Bonchev–Trinajstić information content (AvgIpc) is 2.46. The van der Waals surface area contributed by atoms with Gasteiger partial charge in [-0.05, 0) is 49.9 Å². The molecular formula is C16H16ClN3. The largest absolute Gasteiger partial charge is 0.356 e. The molecule has 20 heavy (non-hydrogen) atoms. The number of pyridine rings is 1. The molecule has 0 atom stereocenters. The van der Waals surface area contributed by atoms with Gasteiger partial charge in [0, 0.05) is 23.5 Å². The predicted molar refractivity (Wildman–Crippen MR) is 82.3 cm³/mol. The van der Waals surface area contributed by atoms with Gasteiger partial charge in [-0.25, -0.2) is 4.98 Å². The molecule has 102 valence electrons. The summed E-state index contributed by atoms with van der Waals surface area (Å²) in [5.74, 6) is 0.824. The van der Waals surface area contributed by atoms with Gasteiger partial charge in [0.25, 0.3) is 0 Å². The third-order valence-electron chi connectivity index (χ3n) is 3.83. The number of nitrogens with zero attached hydrogens (tertiary/aromatic N) is 3. The van der Waals surface area contributed by atoms with Gasteiger partial charge in [-0.2, -0.15) is 5.26 Å². The maximum atomic E-state index is 9.40. The molecule has 0 radical (unpaired) electrons. The first-order valence-electron chi connectivity index (χ1n) is 6.95. The van der Waals surface area contributed by atoms with Crippen LogP contribution in [0, 0.1) is 18.3 Å². The number of benzene rings is 1. The van der Waals surface area contributed by atoms with Crippen molar-refractivity contribution in [1.82, 2.24) is 4.98 Å². The van der Waals surface area contributed by atoms with Gasteiger partial charge in [-0.1, -0.05) is 11.6 Å². The Balaban J connectivity index is 2.18. The van der Waals surface area contributed by atoms with Gasteiger partial charge < -0.3 is 4.90 Å². The van der Waals surface area contributed by atoms with E-state index >= 15 is 0 Å². The summed E-state index contributed by atoms with van der Waals surface area (Å²) >= 11 is 6.09. The predicted octanol–water partition coefficient (Wildman–Crippen LogP) is 4.06. The SMILES string of the molecule is Cc1cc(Cl)cc2cc(C#N)c(N3CCCCC3)nc12. The minimum absolute atomic E-state index is 0.640. The second-order valence-corrected chi connectivity index (χ2v) is 5.75. The van der Waals surface area contributed by atoms with Gasteiger partial charge in [0.15, 0.2) is 0 Å². The van der Waals surface area contributed by atoms with Crippen LogP contribution >= 0.6 is 11.6 Å². The Kier molecular flexibility index (Phi) is 3.50. The summed E-state index contributed by atoms with van der Waals surface area (Å²) in [4.78, 5) is 6.99. The van der Waals surface area contributed by atoms with E-state index < -0.39 is 0 Å². The van der Waals surface area contributed by atoms with Gasteiger partial charge >= 0.3 is 0 Å². The topological polar surface area (TPSA) is 39.9 Å². The summed E-state index contributed by atoms with van der Waals surface area (Å²) in [5, 5.41) is 11.0. The molecule has 2 heterocycles. The van der Waals surface area contributed by atoms with Gasteiger partial charge in [-0.15, -0.1) is 0 Å². The third-order valence-corrected chi connectivity index (χ3v) is 4.05. The molecule has 3 rings (SSSR count). The van der Waals surface area contributed by atoms with Crippen molar-refractivity contribution in [2.75, 3.05) is 18.0 Å². The van der Waals surface area contributed by atoms with Crippen LogP contribution in [0.4, 0.5) is 5.82 Å². The summed E-state index contributed by atoms with van der Waals surface area (Å²) in [6.45, 7) is 3.98. The highest BCUT2D eigenvalue weighted by Gasteiger charge is 2.17. The molecule has 0 unspecified atom stereocenters. The van der Waals surface area contributed by atoms with E-state index in [1.165, 1.54) is 19.3 Å². The van der Waals surface area contributed by atoms with E-state index in [9.17, 15) is 5.26 Å². The van der Waals surface area contributed by atoms with E-state index in [-0.39, 0.29) is 0 Å². The number of hydrogen-bond acceptors (Lipinski definition) is 3. The molecule has 0 bridgehead atoms. The fourth-order valence-electron chi connectivity index (χ4n) is 2.84. The molecule has 1 fully saturated rings. The molecule has 0 saturated carbocycles. The number of fused-ring (bicyclic) bond motifs is 1. The van der Waals surface area contributed by atoms with Crippen LogP contribution in [0.3, 0.4) is 0 Å². The Morgan fingerprint density at radius 2 is 1.95 bits per heavy atom. The molecule has 1 saturated heterocycles. The maximum absolute atomic E-state index is 9.40. The average molecular weight is 286 g/mol. The zero-order valence-corrected chi connectivity index (χ0v) is 12.2. The quantitative estimate of drug-likeness (QED) is 0.793. The standard InChI is InChI=1S/C16H16ClN3/c1-11-7-14(17)9-12-8-13(10-18)16(19-15(11)12)20-5-3-2-4-6-20/h7-9H,2-6H2,1H3. The van der Waals surface area contributed by atoms with E-state index in [2.05, 4.69) is 11.0 Å². The van der Waals surface area contributed by atoms with Crippen LogP contribution in [-0.4, -0.2) is 18.1 Å². The second kappa shape index (κ2) is 5.30. The van der Waals surface area contributed by atoms with Crippen molar-refractivity contribution in [2.24, 2.45) is 0 Å². The monoisotopic (exact) mass is 285 g/mol. The van der Waals surface area contributed by atoms with Crippen molar-refractivity contribution in [3.8, 4) is 6.07 Å². The lowest BCUT2D eigenvalue weighted by Gasteiger charge is -2.28. The lowest BCUT2D eigenvalue weighted by molar-refractivity contribution is 0.573. The number of piperidine rings is 1. The molecular weight excluding hydrogens is 270 g/mol. The minimum Gasteiger partial charge on any atom is -0.356 e. The number of nitriles is 1. The Bertz CT molecular complexity index is 697. The van der Waals surface area contributed by atoms with Crippen molar-refractivity contribution >= 4 is 28.3 Å². The summed E-state index contributed by atoms with van der Waals surface area (Å²) < 4.78 is 0. The number of rotatable bonds is 1. The Morgan fingerprint density at radius 3 is 2.65 bits per heavy atom. The van der Waals surface area contributed by atoms with Gasteiger partial charge in [0.1, 0.15) is 11.9 Å². The maximum Gasteiger partial charge on any atom is 0.147 e. The number of aryl methyl sites for hydroxylation is 1. The number of aromatic nitrogens is 1. The smallest absolute Gasteiger partial charge is 0.147 e. The Hall–Kier alpha value is -1.79. The van der Waals surface area contributed by atoms with Gasteiger partial charge in [0.05, 0.1) is 11.1 Å². The van der Waals surface area contributed by atoms with Crippen molar-refractivity contribution in [3.05, 3.63) is 34.3 Å². The van der Waals surface area contributed by atoms with E-state index in [1.807, 2.05) is 25.1 Å².